The fourth-order valence-corrected chi connectivity index (χ4v) is 1.69. The maximum Gasteiger partial charge on any atom is 0.303 e. The van der Waals surface area contributed by atoms with Crippen molar-refractivity contribution in [3.63, 3.8) is 0 Å². The summed E-state index contributed by atoms with van der Waals surface area (Å²) in [7, 11) is 0. The highest BCUT2D eigenvalue weighted by Gasteiger charge is 2.12. The summed E-state index contributed by atoms with van der Waals surface area (Å²) in [6, 6.07) is 7.19. The van der Waals surface area contributed by atoms with Gasteiger partial charge in [-0.15, -0.1) is 0 Å². The van der Waals surface area contributed by atoms with Gasteiger partial charge in [0.25, 0.3) is 0 Å². The highest BCUT2D eigenvalue weighted by Crippen LogP contribution is 2.10. The van der Waals surface area contributed by atoms with Gasteiger partial charge in [-0.25, -0.2) is 0 Å². The lowest BCUT2D eigenvalue weighted by molar-refractivity contribution is -0.138. The first-order valence-corrected chi connectivity index (χ1v) is 6.08. The molecule has 1 aromatic carbocycles. The van der Waals surface area contributed by atoms with Crippen LogP contribution in [0, 0.1) is 5.92 Å². The lowest BCUT2D eigenvalue weighted by Crippen LogP contribution is -2.25. The first kappa shape index (κ1) is 14.5. The van der Waals surface area contributed by atoms with E-state index in [-0.39, 0.29) is 24.7 Å². The SMILES string of the molecule is CC(CC(=O)O)CC(=O)NCc1ccc(Cl)cc1. The van der Waals surface area contributed by atoms with E-state index in [1.165, 1.54) is 0 Å². The Morgan fingerprint density at radius 2 is 1.89 bits per heavy atom. The van der Waals surface area contributed by atoms with Gasteiger partial charge < -0.3 is 10.4 Å². The molecular weight excluding hydrogens is 254 g/mol. The molecule has 0 aliphatic rings. The van der Waals surface area contributed by atoms with Crippen LogP contribution in [0.4, 0.5) is 0 Å². The summed E-state index contributed by atoms with van der Waals surface area (Å²) < 4.78 is 0. The molecule has 1 rings (SSSR count). The average molecular weight is 270 g/mol. The van der Waals surface area contributed by atoms with Crippen LogP contribution >= 0.6 is 11.6 Å². The van der Waals surface area contributed by atoms with Crippen molar-refractivity contribution >= 4 is 23.5 Å². The molecule has 0 aliphatic carbocycles. The van der Waals surface area contributed by atoms with Gasteiger partial charge in [-0.1, -0.05) is 30.7 Å². The zero-order valence-corrected chi connectivity index (χ0v) is 10.9. The molecule has 1 atom stereocenters. The van der Waals surface area contributed by atoms with Crippen LogP contribution in [-0.2, 0) is 16.1 Å². The van der Waals surface area contributed by atoms with Gasteiger partial charge >= 0.3 is 5.97 Å². The number of hydrogen-bond donors (Lipinski definition) is 2. The molecule has 0 aromatic heterocycles. The van der Waals surface area contributed by atoms with Crippen molar-refractivity contribution in [2.75, 3.05) is 0 Å². The van der Waals surface area contributed by atoms with E-state index in [9.17, 15) is 9.59 Å². The Hall–Kier alpha value is -1.55. The molecule has 0 fully saturated rings. The number of carboxylic acid groups (broad SMARTS) is 1. The van der Waals surface area contributed by atoms with Crippen LogP contribution in [0.15, 0.2) is 24.3 Å². The quantitative estimate of drug-likeness (QED) is 0.834. The minimum Gasteiger partial charge on any atom is -0.481 e. The summed E-state index contributed by atoms with van der Waals surface area (Å²) in [5.74, 6) is -1.18. The number of aliphatic carboxylic acids is 1. The minimum atomic E-state index is -0.881. The Morgan fingerprint density at radius 1 is 1.28 bits per heavy atom. The van der Waals surface area contributed by atoms with Crippen LogP contribution in [0.2, 0.25) is 5.02 Å². The first-order valence-electron chi connectivity index (χ1n) is 5.70. The Morgan fingerprint density at radius 3 is 2.44 bits per heavy atom. The fourth-order valence-electron chi connectivity index (χ4n) is 1.56. The second kappa shape index (κ2) is 7.01. The molecule has 1 amide bonds. The molecule has 0 spiro atoms. The number of rotatable bonds is 6. The van der Waals surface area contributed by atoms with Crippen LogP contribution in [0.25, 0.3) is 0 Å². The molecule has 5 heteroatoms. The molecule has 4 nitrogen and oxygen atoms in total. The Balaban J connectivity index is 2.32. The number of carbonyl (C=O) groups excluding carboxylic acids is 1. The van der Waals surface area contributed by atoms with E-state index < -0.39 is 5.97 Å². The molecule has 2 N–H and O–H groups in total. The zero-order chi connectivity index (χ0) is 13.5. The van der Waals surface area contributed by atoms with Gasteiger partial charge in [-0.2, -0.15) is 0 Å². The van der Waals surface area contributed by atoms with Crippen molar-refractivity contribution < 1.29 is 14.7 Å². The number of hydrogen-bond acceptors (Lipinski definition) is 2. The predicted molar refractivity (Wildman–Crippen MR) is 69.3 cm³/mol. The number of nitrogens with one attached hydrogen (secondary N) is 1. The first-order chi connectivity index (χ1) is 8.47. The van der Waals surface area contributed by atoms with Crippen LogP contribution in [0.5, 0.6) is 0 Å². The van der Waals surface area contributed by atoms with Gasteiger partial charge in [-0.05, 0) is 23.6 Å². The summed E-state index contributed by atoms with van der Waals surface area (Å²) in [6.07, 6.45) is 0.230. The van der Waals surface area contributed by atoms with Crippen molar-refractivity contribution in [1.82, 2.24) is 5.32 Å². The Kier molecular flexibility index (Phi) is 5.65. The van der Waals surface area contributed by atoms with E-state index in [4.69, 9.17) is 16.7 Å². The molecular formula is C13H16ClNO3. The second-order valence-electron chi connectivity index (χ2n) is 4.31. The van der Waals surface area contributed by atoms with Crippen LogP contribution < -0.4 is 5.32 Å². The summed E-state index contributed by atoms with van der Waals surface area (Å²) in [6.45, 7) is 2.17. The summed E-state index contributed by atoms with van der Waals surface area (Å²) in [4.78, 5) is 22.0. The third-order valence-corrected chi connectivity index (χ3v) is 2.71. The van der Waals surface area contributed by atoms with Crippen molar-refractivity contribution in [1.29, 1.82) is 0 Å². The monoisotopic (exact) mass is 269 g/mol. The number of halogens is 1. The Bertz CT molecular complexity index is 417. The van der Waals surface area contributed by atoms with E-state index in [0.717, 1.165) is 5.56 Å². The standard InChI is InChI=1S/C13H16ClNO3/c1-9(7-13(17)18)6-12(16)15-8-10-2-4-11(14)5-3-10/h2-5,9H,6-8H2,1H3,(H,15,16)(H,17,18). The van der Waals surface area contributed by atoms with E-state index in [1.54, 1.807) is 19.1 Å². The highest BCUT2D eigenvalue weighted by atomic mass is 35.5. The number of carbonyl (C=O) groups is 2. The topological polar surface area (TPSA) is 66.4 Å². The van der Waals surface area contributed by atoms with E-state index >= 15 is 0 Å². The van der Waals surface area contributed by atoms with Crippen molar-refractivity contribution in [3.05, 3.63) is 34.9 Å². The summed E-state index contributed by atoms with van der Waals surface area (Å²) >= 11 is 5.75. The van der Waals surface area contributed by atoms with E-state index in [1.807, 2.05) is 12.1 Å². The van der Waals surface area contributed by atoms with Crippen molar-refractivity contribution in [2.45, 2.75) is 26.3 Å². The van der Waals surface area contributed by atoms with Gasteiger partial charge in [-0.3, -0.25) is 9.59 Å². The lowest BCUT2D eigenvalue weighted by atomic mass is 10.0. The Labute approximate surface area is 111 Å². The molecule has 1 unspecified atom stereocenters. The molecule has 0 radical (unpaired) electrons. The molecule has 0 saturated carbocycles. The molecule has 1 aromatic rings. The third kappa shape index (κ3) is 5.68. The number of benzene rings is 1. The van der Waals surface area contributed by atoms with Crippen molar-refractivity contribution in [3.8, 4) is 0 Å². The normalized spacial score (nSPS) is 11.9. The van der Waals surface area contributed by atoms with Crippen LogP contribution in [0.1, 0.15) is 25.3 Å². The van der Waals surface area contributed by atoms with Crippen LogP contribution in [-0.4, -0.2) is 17.0 Å². The number of carboxylic acids is 1. The molecule has 0 aliphatic heterocycles. The van der Waals surface area contributed by atoms with Gasteiger partial charge in [0.15, 0.2) is 0 Å². The van der Waals surface area contributed by atoms with Gasteiger partial charge in [0, 0.05) is 24.4 Å². The van der Waals surface area contributed by atoms with E-state index in [0.29, 0.717) is 11.6 Å². The average Bonchev–Trinajstić information content (AvgIpc) is 2.27. The maximum atomic E-state index is 11.5. The molecule has 0 saturated heterocycles. The number of amides is 1. The molecule has 0 bridgehead atoms. The minimum absolute atomic E-state index is 0.00830. The predicted octanol–water partition coefficient (Wildman–Crippen LogP) is 2.46. The van der Waals surface area contributed by atoms with Crippen molar-refractivity contribution in [2.24, 2.45) is 5.92 Å². The largest absolute Gasteiger partial charge is 0.481 e. The van der Waals surface area contributed by atoms with Crippen LogP contribution in [0.3, 0.4) is 0 Å². The molecule has 18 heavy (non-hydrogen) atoms. The van der Waals surface area contributed by atoms with Gasteiger partial charge in [0.05, 0.1) is 0 Å². The smallest absolute Gasteiger partial charge is 0.303 e. The lowest BCUT2D eigenvalue weighted by Gasteiger charge is -2.09. The second-order valence-corrected chi connectivity index (χ2v) is 4.75. The molecule has 0 heterocycles. The summed E-state index contributed by atoms with van der Waals surface area (Å²) in [5.41, 5.74) is 0.957. The third-order valence-electron chi connectivity index (χ3n) is 2.46. The van der Waals surface area contributed by atoms with Gasteiger partial charge in [0.2, 0.25) is 5.91 Å². The van der Waals surface area contributed by atoms with Gasteiger partial charge in [0.1, 0.15) is 0 Å². The summed E-state index contributed by atoms with van der Waals surface area (Å²) in [5, 5.41) is 12.0. The fraction of sp³-hybridized carbons (Fsp3) is 0.385. The van der Waals surface area contributed by atoms with E-state index in [2.05, 4.69) is 5.32 Å². The molecule has 98 valence electrons. The maximum absolute atomic E-state index is 11.5. The highest BCUT2D eigenvalue weighted by molar-refractivity contribution is 6.30. The zero-order valence-electron chi connectivity index (χ0n) is 10.1.